The van der Waals surface area contributed by atoms with Crippen molar-refractivity contribution >= 4 is 29.6 Å². The summed E-state index contributed by atoms with van der Waals surface area (Å²) >= 11 is 0. The van der Waals surface area contributed by atoms with Crippen molar-refractivity contribution in [2.75, 3.05) is 39.7 Å². The second-order valence-electron chi connectivity index (χ2n) is 7.66. The molecule has 2 aliphatic rings. The van der Waals surface area contributed by atoms with Gasteiger partial charge in [0.2, 0.25) is 0 Å². The van der Waals surface area contributed by atoms with Crippen molar-refractivity contribution in [2.24, 2.45) is 0 Å². The number of benzene rings is 1. The number of aliphatic hydroxyl groups is 1. The Morgan fingerprint density at radius 1 is 1.27 bits per heavy atom. The van der Waals surface area contributed by atoms with Gasteiger partial charge in [-0.05, 0) is 37.1 Å². The number of likely N-dealkylation sites (N-methyl/N-ethyl adjacent to an activating group) is 1. The Morgan fingerprint density at radius 3 is 2.70 bits per heavy atom. The third-order valence-electron chi connectivity index (χ3n) is 5.51. The summed E-state index contributed by atoms with van der Waals surface area (Å²) in [6.45, 7) is 2.43. The number of imide groups is 1. The molecule has 4 N–H and O–H groups in total. The topological polar surface area (TPSA) is 133 Å². The molecule has 10 heteroatoms. The molecule has 4 amide bonds. The maximum absolute atomic E-state index is 13.2. The van der Waals surface area contributed by atoms with Gasteiger partial charge < -0.3 is 29.8 Å². The fourth-order valence-corrected chi connectivity index (χ4v) is 3.80. The third kappa shape index (κ3) is 4.56. The quantitative estimate of drug-likeness (QED) is 0.505. The molecule has 2 aliphatic heterocycles. The van der Waals surface area contributed by atoms with E-state index < -0.39 is 17.5 Å². The van der Waals surface area contributed by atoms with Gasteiger partial charge in [-0.1, -0.05) is 12.1 Å². The Bertz CT molecular complexity index is 1090. The molecule has 0 unspecified atom stereocenters. The third-order valence-corrected chi connectivity index (χ3v) is 5.51. The first kappa shape index (κ1) is 23.9. The number of anilines is 1. The maximum atomic E-state index is 13.2. The van der Waals surface area contributed by atoms with Crippen molar-refractivity contribution in [3.63, 3.8) is 0 Å². The lowest BCUT2D eigenvalue weighted by Crippen LogP contribution is -2.52. The minimum absolute atomic E-state index is 0.115. The monoisotopic (exact) mass is 456 g/mol. The number of carbonyl (C=O) groups excluding carboxylic acids is 3. The predicted octanol–water partition coefficient (Wildman–Crippen LogP) is 1.84. The summed E-state index contributed by atoms with van der Waals surface area (Å²) in [5.41, 5.74) is 0.401. The Hall–Kier alpha value is -3.79. The van der Waals surface area contributed by atoms with Crippen LogP contribution in [0.5, 0.6) is 5.75 Å². The van der Waals surface area contributed by atoms with E-state index in [-0.39, 0.29) is 18.2 Å². The van der Waals surface area contributed by atoms with Crippen LogP contribution in [0, 0.1) is 6.92 Å². The average molecular weight is 456 g/mol. The number of nitrogens with zero attached hydrogens (tertiary/aromatic N) is 1. The molecule has 1 saturated heterocycles. The molecule has 0 saturated carbocycles. The fourth-order valence-electron chi connectivity index (χ4n) is 3.80. The van der Waals surface area contributed by atoms with Crippen molar-refractivity contribution in [3.05, 3.63) is 53.0 Å². The van der Waals surface area contributed by atoms with Gasteiger partial charge in [-0.2, -0.15) is 0 Å². The second-order valence-corrected chi connectivity index (χ2v) is 7.66. The molecule has 1 fully saturated rings. The predicted molar refractivity (Wildman–Crippen MR) is 122 cm³/mol. The summed E-state index contributed by atoms with van der Waals surface area (Å²) in [7, 11) is 4.10. The van der Waals surface area contributed by atoms with Crippen LogP contribution in [0.3, 0.4) is 0 Å². The normalized spacial score (nSPS) is 18.7. The number of furan rings is 1. The van der Waals surface area contributed by atoms with Crippen molar-refractivity contribution in [1.29, 1.82) is 0 Å². The van der Waals surface area contributed by atoms with Gasteiger partial charge in [0, 0.05) is 32.3 Å². The molecule has 2 aromatic rings. The number of carbonyl (C=O) groups is 3. The summed E-state index contributed by atoms with van der Waals surface area (Å²) < 4.78 is 11.2. The minimum Gasteiger partial charge on any atom is -0.497 e. The van der Waals surface area contributed by atoms with Gasteiger partial charge >= 0.3 is 6.03 Å². The van der Waals surface area contributed by atoms with Crippen LogP contribution in [0.4, 0.5) is 10.5 Å². The van der Waals surface area contributed by atoms with Crippen LogP contribution in [0.15, 0.2) is 34.8 Å². The molecule has 176 valence electrons. The Kier molecular flexibility index (Phi) is 7.07. The van der Waals surface area contributed by atoms with Crippen LogP contribution in [0.25, 0.3) is 6.08 Å². The number of urea groups is 1. The standard InChI is InChI=1S/C22H24N4O5.CH4O/c1-13-7-8-14(30-3)10-15(13)19(27)26(2)12-22(20(28)24-21(29)25-22)18-11-16-17(31-18)6-4-5-9-23-16;1-2/h4,6-8,10-11,23H,5,9,12H2,1-3H3,(H2,24,25,28,29);2H,1H3/t22-;/m0./s1. The van der Waals surface area contributed by atoms with Gasteiger partial charge in [0.05, 0.1) is 19.3 Å². The van der Waals surface area contributed by atoms with E-state index in [4.69, 9.17) is 14.3 Å². The molecule has 3 heterocycles. The van der Waals surface area contributed by atoms with Gasteiger partial charge in [-0.25, -0.2) is 4.79 Å². The molecule has 33 heavy (non-hydrogen) atoms. The number of nitrogens with one attached hydrogen (secondary N) is 3. The van der Waals surface area contributed by atoms with Crippen LogP contribution in [0.1, 0.15) is 33.9 Å². The first-order valence-electron chi connectivity index (χ1n) is 10.4. The van der Waals surface area contributed by atoms with Crippen LogP contribution < -0.4 is 20.7 Å². The van der Waals surface area contributed by atoms with Crippen LogP contribution in [0.2, 0.25) is 0 Å². The Labute approximate surface area is 191 Å². The molecular weight excluding hydrogens is 428 g/mol. The van der Waals surface area contributed by atoms with E-state index in [1.54, 1.807) is 31.3 Å². The van der Waals surface area contributed by atoms with Gasteiger partial charge in [-0.3, -0.25) is 14.9 Å². The summed E-state index contributed by atoms with van der Waals surface area (Å²) in [4.78, 5) is 39.6. The van der Waals surface area contributed by atoms with Gasteiger partial charge in [0.25, 0.3) is 11.8 Å². The average Bonchev–Trinajstić information content (AvgIpc) is 3.26. The molecule has 10 nitrogen and oxygen atoms in total. The Morgan fingerprint density at radius 2 is 2.03 bits per heavy atom. The van der Waals surface area contributed by atoms with Gasteiger partial charge in [0.15, 0.2) is 5.54 Å². The van der Waals surface area contributed by atoms with E-state index in [9.17, 15) is 14.4 Å². The number of aryl methyl sites for hydroxylation is 1. The maximum Gasteiger partial charge on any atom is 0.322 e. The van der Waals surface area contributed by atoms with Crippen molar-refractivity contribution in [2.45, 2.75) is 18.9 Å². The number of rotatable bonds is 5. The van der Waals surface area contributed by atoms with Gasteiger partial charge in [0.1, 0.15) is 17.3 Å². The zero-order valence-electron chi connectivity index (χ0n) is 19.0. The highest BCUT2D eigenvalue weighted by molar-refractivity contribution is 6.08. The van der Waals surface area contributed by atoms with Crippen LogP contribution in [-0.2, 0) is 10.3 Å². The summed E-state index contributed by atoms with van der Waals surface area (Å²) in [5, 5.41) is 15.2. The van der Waals surface area contributed by atoms with E-state index in [0.29, 0.717) is 17.1 Å². The zero-order valence-corrected chi connectivity index (χ0v) is 19.0. The van der Waals surface area contributed by atoms with E-state index in [1.807, 2.05) is 19.1 Å². The number of hydrogen-bond acceptors (Lipinski definition) is 7. The smallest absolute Gasteiger partial charge is 0.322 e. The minimum atomic E-state index is -1.55. The number of ether oxygens (including phenoxy) is 1. The highest BCUT2D eigenvalue weighted by Gasteiger charge is 2.52. The first-order valence-corrected chi connectivity index (χ1v) is 10.4. The van der Waals surface area contributed by atoms with Crippen molar-refractivity contribution < 1.29 is 28.6 Å². The van der Waals surface area contributed by atoms with E-state index >= 15 is 0 Å². The molecule has 1 atom stereocenters. The Balaban J connectivity index is 0.00000149. The number of fused-ring (bicyclic) bond motifs is 1. The number of aliphatic hydroxyl groups excluding tert-OH is 1. The first-order chi connectivity index (χ1) is 15.8. The summed E-state index contributed by atoms with van der Waals surface area (Å²) in [6, 6.07) is 6.28. The zero-order chi connectivity index (χ0) is 24.2. The molecule has 0 radical (unpaired) electrons. The lowest BCUT2D eigenvalue weighted by molar-refractivity contribution is -0.125. The number of hydrogen-bond donors (Lipinski definition) is 4. The number of methoxy groups -OCH3 is 1. The number of amides is 4. The van der Waals surface area contributed by atoms with E-state index in [0.717, 1.165) is 31.3 Å². The van der Waals surface area contributed by atoms with Crippen molar-refractivity contribution in [3.8, 4) is 5.75 Å². The SMILES string of the molecule is CO.COc1ccc(C)c(C(=O)N(C)C[C@@]2(c3cc4c(o3)C=CCCN4)NC(=O)NC2=O)c1. The lowest BCUT2D eigenvalue weighted by Gasteiger charge is -2.29. The molecular formula is C23H28N4O6. The lowest BCUT2D eigenvalue weighted by atomic mass is 9.95. The highest BCUT2D eigenvalue weighted by atomic mass is 16.5. The van der Waals surface area contributed by atoms with E-state index in [1.165, 1.54) is 12.0 Å². The molecule has 0 bridgehead atoms. The largest absolute Gasteiger partial charge is 0.497 e. The molecule has 0 spiro atoms. The van der Waals surface area contributed by atoms with Gasteiger partial charge in [-0.15, -0.1) is 0 Å². The van der Waals surface area contributed by atoms with Crippen molar-refractivity contribution in [1.82, 2.24) is 15.5 Å². The van der Waals surface area contributed by atoms with E-state index in [2.05, 4.69) is 16.0 Å². The summed E-state index contributed by atoms with van der Waals surface area (Å²) in [6.07, 6.45) is 4.64. The fraction of sp³-hybridized carbons (Fsp3) is 0.348. The molecule has 1 aromatic heterocycles. The van der Waals surface area contributed by atoms with Crippen LogP contribution in [-0.4, -0.2) is 62.2 Å². The van der Waals surface area contributed by atoms with Crippen LogP contribution >= 0.6 is 0 Å². The molecule has 0 aliphatic carbocycles. The highest BCUT2D eigenvalue weighted by Crippen LogP contribution is 2.34. The summed E-state index contributed by atoms with van der Waals surface area (Å²) in [5.74, 6) is 0.486. The molecule has 4 rings (SSSR count). The second kappa shape index (κ2) is 9.78. The molecule has 1 aromatic carbocycles.